The lowest BCUT2D eigenvalue weighted by Gasteiger charge is -2.29. The number of hydrogen-bond acceptors (Lipinski definition) is 8. The van der Waals surface area contributed by atoms with Crippen molar-refractivity contribution in [3.63, 3.8) is 0 Å². The van der Waals surface area contributed by atoms with E-state index < -0.39 is 18.2 Å². The molecule has 6 aromatic rings. The lowest BCUT2D eigenvalue weighted by atomic mass is 9.92. The van der Waals surface area contributed by atoms with Gasteiger partial charge in [0.1, 0.15) is 36.1 Å². The second-order valence-electron chi connectivity index (χ2n) is 16.5. The van der Waals surface area contributed by atoms with E-state index in [9.17, 15) is 19.2 Å². The van der Waals surface area contributed by atoms with Crippen molar-refractivity contribution in [2.24, 2.45) is 5.92 Å². The number of imidazole rings is 2. The molecule has 2 aromatic heterocycles. The monoisotopic (exact) mass is 822 g/mol. The molecule has 0 radical (unpaired) electrons. The summed E-state index contributed by atoms with van der Waals surface area (Å²) < 4.78 is 11.2. The van der Waals surface area contributed by atoms with Gasteiger partial charge >= 0.3 is 6.09 Å². The molecule has 0 unspecified atom stereocenters. The predicted octanol–water partition coefficient (Wildman–Crippen LogP) is 7.64. The number of rotatable bonds is 10. The van der Waals surface area contributed by atoms with E-state index in [0.29, 0.717) is 25.5 Å². The van der Waals surface area contributed by atoms with Crippen molar-refractivity contribution in [1.82, 2.24) is 40.4 Å². The maximum absolute atomic E-state index is 14.1. The molecule has 4 N–H and O–H groups in total. The number of ether oxygens (including phenoxy) is 2. The molecular weight excluding hydrogens is 773 g/mol. The van der Waals surface area contributed by atoms with E-state index in [0.717, 1.165) is 92.6 Å². The quantitative estimate of drug-likeness (QED) is 0.109. The van der Waals surface area contributed by atoms with E-state index in [1.165, 1.54) is 7.11 Å². The van der Waals surface area contributed by atoms with Gasteiger partial charge in [0, 0.05) is 36.0 Å². The number of carbonyl (C=O) groups excluding carboxylic acids is 4. The van der Waals surface area contributed by atoms with Crippen molar-refractivity contribution in [2.75, 3.05) is 20.2 Å². The zero-order valence-corrected chi connectivity index (χ0v) is 34.8. The largest absolute Gasteiger partial charge is 0.488 e. The Morgan fingerprint density at radius 3 is 2.36 bits per heavy atom. The molecule has 5 heterocycles. The number of fused-ring (bicyclic) bond motifs is 6. The first kappa shape index (κ1) is 39.7. The van der Waals surface area contributed by atoms with E-state index in [1.54, 1.807) is 6.92 Å². The van der Waals surface area contributed by atoms with Crippen molar-refractivity contribution < 1.29 is 28.7 Å². The van der Waals surface area contributed by atoms with E-state index in [2.05, 4.69) is 50.9 Å². The van der Waals surface area contributed by atoms with Gasteiger partial charge in [-0.15, -0.1) is 0 Å². The predicted molar refractivity (Wildman–Crippen MR) is 230 cm³/mol. The Labute approximate surface area is 353 Å². The number of carbonyl (C=O) groups is 4. The summed E-state index contributed by atoms with van der Waals surface area (Å²) in [6.07, 6.45) is 4.66. The first-order valence-corrected chi connectivity index (χ1v) is 21.2. The molecule has 14 heteroatoms. The number of alkyl carbamates (subject to hydrolysis) is 1. The first-order valence-electron chi connectivity index (χ1n) is 21.2. The molecule has 0 bridgehead atoms. The molecule has 4 amide bonds. The summed E-state index contributed by atoms with van der Waals surface area (Å²) in [6.45, 7) is 7.14. The van der Waals surface area contributed by atoms with Crippen LogP contribution in [0.5, 0.6) is 5.75 Å². The molecule has 14 nitrogen and oxygen atoms in total. The summed E-state index contributed by atoms with van der Waals surface area (Å²) in [5, 5.41) is 7.70. The Hall–Kier alpha value is -6.70. The smallest absolute Gasteiger partial charge is 0.407 e. The van der Waals surface area contributed by atoms with Crippen LogP contribution < -0.4 is 15.4 Å². The summed E-state index contributed by atoms with van der Waals surface area (Å²) in [7, 11) is 1.29. The second-order valence-corrected chi connectivity index (χ2v) is 16.5. The number of nitrogens with zero attached hydrogens (tertiary/aromatic N) is 4. The van der Waals surface area contributed by atoms with Crippen LogP contribution in [-0.4, -0.2) is 79.8 Å². The molecule has 3 aliphatic heterocycles. The van der Waals surface area contributed by atoms with Gasteiger partial charge in [-0.1, -0.05) is 63.2 Å². The first-order chi connectivity index (χ1) is 29.6. The second kappa shape index (κ2) is 16.4. The van der Waals surface area contributed by atoms with Gasteiger partial charge in [0.05, 0.1) is 42.1 Å². The zero-order valence-electron chi connectivity index (χ0n) is 34.8. The number of H-pyrrole nitrogens is 2. The van der Waals surface area contributed by atoms with Crippen LogP contribution in [0.3, 0.4) is 0 Å². The van der Waals surface area contributed by atoms with Gasteiger partial charge in [-0.05, 0) is 84.0 Å². The molecule has 3 aliphatic rings. The van der Waals surface area contributed by atoms with Crippen LogP contribution in [0, 0.1) is 5.92 Å². The van der Waals surface area contributed by atoms with Gasteiger partial charge in [-0.25, -0.2) is 14.8 Å². The van der Waals surface area contributed by atoms with Crippen LogP contribution >= 0.6 is 0 Å². The van der Waals surface area contributed by atoms with Crippen molar-refractivity contribution in [3.05, 3.63) is 102 Å². The third-order valence-electron chi connectivity index (χ3n) is 12.4. The summed E-state index contributed by atoms with van der Waals surface area (Å²) in [6, 6.07) is 22.1. The van der Waals surface area contributed by atoms with Crippen LogP contribution in [0.4, 0.5) is 4.79 Å². The fraction of sp³-hybridized carbons (Fsp3) is 0.362. The molecule has 2 saturated heterocycles. The highest BCUT2D eigenvalue weighted by Crippen LogP contribution is 2.43. The third-order valence-corrected chi connectivity index (χ3v) is 12.4. The fourth-order valence-corrected chi connectivity index (χ4v) is 9.15. The van der Waals surface area contributed by atoms with Crippen molar-refractivity contribution in [2.45, 2.75) is 83.6 Å². The summed E-state index contributed by atoms with van der Waals surface area (Å²) >= 11 is 0. The average Bonchev–Trinajstić information content (AvgIpc) is 4.13. The number of amides is 4. The standard InChI is InChI=1S/C47H50N8O6/c1-5-39(56)51-41(27-11-7-6-8-12-27)46(58)54-19-9-13-36(54)43-48-24-35(50-43)29-15-17-31-32-21-28-16-18-34-42(33(28)22-30(32)25-61-38(31)23-29)52-44(49-34)37-14-10-20-55(37)45(57)40(26(2)3)53-47(59)60-4/h6-8,11-12,15-18,21-24,26,36-37,40-41H,5,9-10,13-14,19-20,25H2,1-4H3,(H,48,50)(H,49,52)(H,51,56)(H,53,59)/t36-,37-,40-,41+/m0/s1. The van der Waals surface area contributed by atoms with Gasteiger partial charge in [-0.2, -0.15) is 0 Å². The van der Waals surface area contributed by atoms with Gasteiger partial charge in [-0.3, -0.25) is 14.4 Å². The molecule has 4 aromatic carbocycles. The summed E-state index contributed by atoms with van der Waals surface area (Å²) in [5.41, 5.74) is 7.35. The zero-order chi connectivity index (χ0) is 42.4. The van der Waals surface area contributed by atoms with Gasteiger partial charge in [0.2, 0.25) is 17.7 Å². The maximum atomic E-state index is 14.1. The van der Waals surface area contributed by atoms with Gasteiger partial charge in [0.15, 0.2) is 0 Å². The lowest BCUT2D eigenvalue weighted by Crippen LogP contribution is -2.51. The molecule has 9 rings (SSSR count). The number of aromatic nitrogens is 4. The molecular formula is C47H50N8O6. The number of benzene rings is 4. The van der Waals surface area contributed by atoms with E-state index >= 15 is 0 Å². The Morgan fingerprint density at radius 2 is 1.62 bits per heavy atom. The lowest BCUT2D eigenvalue weighted by molar-refractivity contribution is -0.137. The molecule has 0 spiro atoms. The van der Waals surface area contributed by atoms with Crippen LogP contribution in [0.2, 0.25) is 0 Å². The Balaban J connectivity index is 0.954. The molecule has 4 atom stereocenters. The highest BCUT2D eigenvalue weighted by molar-refractivity contribution is 6.06. The highest BCUT2D eigenvalue weighted by atomic mass is 16.5. The fourth-order valence-electron chi connectivity index (χ4n) is 9.15. The number of nitrogens with one attached hydrogen (secondary N) is 4. The minimum absolute atomic E-state index is 0.121. The maximum Gasteiger partial charge on any atom is 0.407 e. The van der Waals surface area contributed by atoms with Crippen LogP contribution in [0.25, 0.3) is 44.2 Å². The van der Waals surface area contributed by atoms with Crippen molar-refractivity contribution >= 4 is 45.6 Å². The molecule has 314 valence electrons. The van der Waals surface area contributed by atoms with Crippen molar-refractivity contribution in [3.8, 4) is 28.1 Å². The number of methoxy groups -OCH3 is 1. The van der Waals surface area contributed by atoms with Crippen LogP contribution in [0.1, 0.15) is 93.8 Å². The van der Waals surface area contributed by atoms with E-state index in [-0.39, 0.29) is 42.1 Å². The normalized spacial score (nSPS) is 18.1. The van der Waals surface area contributed by atoms with Crippen LogP contribution in [0.15, 0.2) is 79.0 Å². The molecule has 61 heavy (non-hydrogen) atoms. The van der Waals surface area contributed by atoms with Gasteiger partial charge in [0.25, 0.3) is 0 Å². The highest BCUT2D eigenvalue weighted by Gasteiger charge is 2.39. The summed E-state index contributed by atoms with van der Waals surface area (Å²) in [4.78, 5) is 72.9. The number of hydrogen-bond donors (Lipinski definition) is 4. The molecule has 2 fully saturated rings. The Morgan fingerprint density at radius 1 is 0.869 bits per heavy atom. The molecule has 0 aliphatic carbocycles. The summed E-state index contributed by atoms with van der Waals surface area (Å²) in [5.74, 6) is 1.62. The topological polar surface area (TPSA) is 175 Å². The minimum Gasteiger partial charge on any atom is -0.488 e. The Bertz CT molecular complexity index is 2650. The molecule has 0 saturated carbocycles. The Kier molecular flexibility index (Phi) is 10.7. The van der Waals surface area contributed by atoms with Gasteiger partial charge < -0.3 is 39.9 Å². The third kappa shape index (κ3) is 7.44. The van der Waals surface area contributed by atoms with Crippen molar-refractivity contribution in [1.29, 1.82) is 0 Å². The minimum atomic E-state index is -0.772. The van der Waals surface area contributed by atoms with E-state index in [4.69, 9.17) is 19.4 Å². The number of aromatic amines is 2. The van der Waals surface area contributed by atoms with Crippen LogP contribution in [-0.2, 0) is 25.7 Å². The number of likely N-dealkylation sites (tertiary alicyclic amines) is 2. The average molecular weight is 823 g/mol. The van der Waals surface area contributed by atoms with E-state index in [1.807, 2.05) is 72.3 Å². The SMILES string of the molecule is CCC(=O)N[C@@H](C(=O)N1CCC[C@H]1c1ncc(-c2ccc3c(c2)OCc2cc4c(ccc5[nH]c([C@@H]6CCCN6C(=O)[C@@H](NC(=O)OC)C(C)C)nc54)cc2-3)[nH]1)c1ccccc1.